The van der Waals surface area contributed by atoms with Crippen LogP contribution in [0.1, 0.15) is 27.1 Å². The van der Waals surface area contributed by atoms with Crippen molar-refractivity contribution in [2.75, 3.05) is 14.2 Å². The van der Waals surface area contributed by atoms with Crippen LogP contribution in [0.15, 0.2) is 48.5 Å². The van der Waals surface area contributed by atoms with E-state index in [2.05, 4.69) is 21.7 Å². The van der Waals surface area contributed by atoms with Crippen molar-refractivity contribution in [2.24, 2.45) is 0 Å². The Bertz CT molecular complexity index is 807. The Morgan fingerprint density at radius 1 is 0.621 bits per heavy atom. The number of hydrogen-bond donors (Lipinski definition) is 4. The van der Waals surface area contributed by atoms with E-state index in [0.717, 1.165) is 0 Å². The van der Waals surface area contributed by atoms with E-state index in [0.29, 0.717) is 22.6 Å². The summed E-state index contributed by atoms with van der Waals surface area (Å²) in [5.41, 5.74) is 9.19. The number of hydrogen-bond acceptors (Lipinski definition) is 6. The van der Waals surface area contributed by atoms with Crippen LogP contribution in [0.2, 0.25) is 0 Å². The number of hydrazine groups is 2. The van der Waals surface area contributed by atoms with Gasteiger partial charge in [0.2, 0.25) is 11.8 Å². The molecule has 0 atom stereocenters. The number of ether oxygens (including phenoxy) is 2. The van der Waals surface area contributed by atoms with Gasteiger partial charge in [-0.25, -0.2) is 0 Å². The summed E-state index contributed by atoms with van der Waals surface area (Å²) >= 11 is 0. The third-order valence-electron chi connectivity index (χ3n) is 3.66. The second-order valence-corrected chi connectivity index (χ2v) is 5.64. The first-order valence-corrected chi connectivity index (χ1v) is 8.39. The Morgan fingerprint density at radius 2 is 0.966 bits per heavy atom. The Kier molecular flexibility index (Phi) is 7.54. The minimum Gasteiger partial charge on any atom is -0.497 e. The third-order valence-corrected chi connectivity index (χ3v) is 3.66. The smallest absolute Gasteiger partial charge is 0.269 e. The summed E-state index contributed by atoms with van der Waals surface area (Å²) in [6.45, 7) is 0. The van der Waals surface area contributed by atoms with Gasteiger partial charge in [-0.1, -0.05) is 0 Å². The van der Waals surface area contributed by atoms with Gasteiger partial charge in [-0.05, 0) is 48.5 Å². The summed E-state index contributed by atoms with van der Waals surface area (Å²) in [5, 5.41) is 0. The molecule has 29 heavy (non-hydrogen) atoms. The van der Waals surface area contributed by atoms with E-state index < -0.39 is 30.0 Å². The fourth-order valence-electron chi connectivity index (χ4n) is 2.12. The van der Waals surface area contributed by atoms with E-state index in [4.69, 9.17) is 9.47 Å². The van der Waals surface area contributed by atoms with Gasteiger partial charge < -0.3 is 9.47 Å². The molecule has 0 radical (unpaired) electrons. The molecule has 0 unspecified atom stereocenters. The van der Waals surface area contributed by atoms with Gasteiger partial charge in [0.1, 0.15) is 17.9 Å². The highest BCUT2D eigenvalue weighted by molar-refractivity contribution is 6.01. The Labute approximate surface area is 166 Å². The van der Waals surface area contributed by atoms with Crippen LogP contribution in [-0.2, 0) is 9.59 Å². The molecule has 2 rings (SSSR count). The molecule has 4 amide bonds. The highest BCUT2D eigenvalue weighted by Crippen LogP contribution is 2.11. The van der Waals surface area contributed by atoms with Crippen molar-refractivity contribution in [1.82, 2.24) is 21.7 Å². The zero-order valence-electron chi connectivity index (χ0n) is 15.8. The van der Waals surface area contributed by atoms with Crippen molar-refractivity contribution in [3.05, 3.63) is 59.7 Å². The van der Waals surface area contributed by atoms with E-state index in [1.54, 1.807) is 24.3 Å². The molecule has 0 saturated heterocycles. The fourth-order valence-corrected chi connectivity index (χ4v) is 2.12. The van der Waals surface area contributed by atoms with E-state index in [1.807, 2.05) is 0 Å². The predicted molar refractivity (Wildman–Crippen MR) is 102 cm³/mol. The fraction of sp³-hybridized carbons (Fsp3) is 0.158. The number of carbonyl (C=O) groups excluding carboxylic acids is 4. The normalized spacial score (nSPS) is 9.72. The van der Waals surface area contributed by atoms with Crippen molar-refractivity contribution in [1.29, 1.82) is 0 Å². The molecule has 10 nitrogen and oxygen atoms in total. The molecule has 0 aliphatic heterocycles. The lowest BCUT2D eigenvalue weighted by atomic mass is 10.2. The van der Waals surface area contributed by atoms with Crippen molar-refractivity contribution in [3.8, 4) is 11.5 Å². The second kappa shape index (κ2) is 10.3. The maximum atomic E-state index is 11.9. The van der Waals surface area contributed by atoms with Crippen LogP contribution in [-0.4, -0.2) is 37.8 Å². The van der Waals surface area contributed by atoms with E-state index >= 15 is 0 Å². The minimum atomic E-state index is -0.761. The Hall–Kier alpha value is -4.08. The van der Waals surface area contributed by atoms with E-state index in [-0.39, 0.29) is 0 Å². The number of benzene rings is 2. The second-order valence-electron chi connectivity index (χ2n) is 5.64. The molecule has 0 heterocycles. The summed E-state index contributed by atoms with van der Waals surface area (Å²) in [5.74, 6) is -1.48. The zero-order chi connectivity index (χ0) is 21.2. The molecule has 0 bridgehead atoms. The van der Waals surface area contributed by atoms with Gasteiger partial charge in [0.25, 0.3) is 11.8 Å². The van der Waals surface area contributed by atoms with Gasteiger partial charge in [-0.2, -0.15) is 0 Å². The highest BCUT2D eigenvalue weighted by atomic mass is 16.5. The molecule has 0 aromatic heterocycles. The quantitative estimate of drug-likeness (QED) is 0.407. The highest BCUT2D eigenvalue weighted by Gasteiger charge is 2.13. The summed E-state index contributed by atoms with van der Waals surface area (Å²) < 4.78 is 9.98. The Balaban J connectivity index is 1.72. The number of nitrogens with one attached hydrogen (secondary N) is 4. The molecule has 4 N–H and O–H groups in total. The number of amides is 4. The van der Waals surface area contributed by atoms with Gasteiger partial charge in [0.05, 0.1) is 14.2 Å². The summed E-state index contributed by atoms with van der Waals surface area (Å²) in [6, 6.07) is 12.4. The van der Waals surface area contributed by atoms with Crippen LogP contribution >= 0.6 is 0 Å². The van der Waals surface area contributed by atoms with Crippen molar-refractivity contribution in [2.45, 2.75) is 6.42 Å². The molecule has 10 heteroatoms. The molecular formula is C19H20N4O6. The first kappa shape index (κ1) is 21.2. The molecule has 0 fully saturated rings. The lowest BCUT2D eigenvalue weighted by Crippen LogP contribution is -2.46. The number of methoxy groups -OCH3 is 2. The predicted octanol–water partition coefficient (Wildman–Crippen LogP) is 0.316. The van der Waals surface area contributed by atoms with Crippen molar-refractivity contribution in [3.63, 3.8) is 0 Å². The largest absolute Gasteiger partial charge is 0.497 e. The molecule has 0 aliphatic carbocycles. The van der Waals surface area contributed by atoms with Crippen LogP contribution in [0.4, 0.5) is 0 Å². The standard InChI is InChI=1S/C19H20N4O6/c1-28-14-7-3-12(4-8-14)18(26)22-20-16(24)11-17(25)21-23-19(27)13-5-9-15(29-2)10-6-13/h3-10H,11H2,1-2H3,(H,20,24)(H,21,25)(H,22,26)(H,23,27). The van der Waals surface area contributed by atoms with Crippen LogP contribution in [0.25, 0.3) is 0 Å². The van der Waals surface area contributed by atoms with Gasteiger partial charge in [-0.3, -0.25) is 40.9 Å². The van der Waals surface area contributed by atoms with Crippen LogP contribution < -0.4 is 31.2 Å². The average Bonchev–Trinajstić information content (AvgIpc) is 2.75. The monoisotopic (exact) mass is 400 g/mol. The number of carbonyl (C=O) groups is 4. The first-order chi connectivity index (χ1) is 13.9. The summed E-state index contributed by atoms with van der Waals surface area (Å²) in [7, 11) is 3.00. The molecule has 0 saturated carbocycles. The third kappa shape index (κ3) is 6.54. The molecule has 2 aromatic carbocycles. The van der Waals surface area contributed by atoms with E-state index in [1.165, 1.54) is 38.5 Å². The molecular weight excluding hydrogens is 380 g/mol. The van der Waals surface area contributed by atoms with Crippen LogP contribution in [0.3, 0.4) is 0 Å². The molecule has 0 spiro atoms. The van der Waals surface area contributed by atoms with Gasteiger partial charge in [-0.15, -0.1) is 0 Å². The average molecular weight is 400 g/mol. The molecule has 152 valence electrons. The summed E-state index contributed by atoms with van der Waals surface area (Å²) in [6.07, 6.45) is -0.605. The maximum absolute atomic E-state index is 11.9. The topological polar surface area (TPSA) is 135 Å². The summed E-state index contributed by atoms with van der Waals surface area (Å²) in [4.78, 5) is 47.3. The van der Waals surface area contributed by atoms with Gasteiger partial charge >= 0.3 is 0 Å². The lowest BCUT2D eigenvalue weighted by molar-refractivity contribution is -0.130. The van der Waals surface area contributed by atoms with E-state index in [9.17, 15) is 19.2 Å². The van der Waals surface area contributed by atoms with Crippen LogP contribution in [0.5, 0.6) is 11.5 Å². The zero-order valence-corrected chi connectivity index (χ0v) is 15.8. The number of rotatable bonds is 6. The lowest BCUT2D eigenvalue weighted by Gasteiger charge is -2.09. The van der Waals surface area contributed by atoms with Gasteiger partial charge in [0.15, 0.2) is 0 Å². The SMILES string of the molecule is COc1ccc(C(=O)NNC(=O)CC(=O)NNC(=O)c2ccc(OC)cc2)cc1. The Morgan fingerprint density at radius 3 is 1.28 bits per heavy atom. The van der Waals surface area contributed by atoms with Crippen molar-refractivity contribution < 1.29 is 28.7 Å². The molecule has 0 aliphatic rings. The minimum absolute atomic E-state index is 0.294. The maximum Gasteiger partial charge on any atom is 0.269 e. The van der Waals surface area contributed by atoms with Gasteiger partial charge in [0, 0.05) is 11.1 Å². The molecule has 2 aromatic rings. The van der Waals surface area contributed by atoms with Crippen LogP contribution in [0, 0.1) is 0 Å². The van der Waals surface area contributed by atoms with Crippen molar-refractivity contribution >= 4 is 23.6 Å². The first-order valence-electron chi connectivity index (χ1n) is 8.39.